The zero-order valence-electron chi connectivity index (χ0n) is 14.4. The number of aromatic nitrogens is 2. The van der Waals surface area contributed by atoms with Crippen LogP contribution in [0.25, 0.3) is 0 Å². The highest BCUT2D eigenvalue weighted by Gasteiger charge is 2.28. The Morgan fingerprint density at radius 1 is 1.44 bits per heavy atom. The predicted molar refractivity (Wildman–Crippen MR) is 96.7 cm³/mol. The fourth-order valence-corrected chi connectivity index (χ4v) is 3.87. The number of aryl methyl sites for hydroxylation is 1. The van der Waals surface area contributed by atoms with Gasteiger partial charge in [-0.3, -0.25) is 14.2 Å². The molecule has 1 aliphatic heterocycles. The number of rotatable bonds is 4. The average molecular weight is 361 g/mol. The Balaban J connectivity index is 1.74. The third-order valence-electron chi connectivity index (χ3n) is 4.18. The fraction of sp³-hybridized carbons (Fsp3) is 0.389. The molecule has 1 amide bonds. The Morgan fingerprint density at radius 3 is 2.88 bits per heavy atom. The summed E-state index contributed by atoms with van der Waals surface area (Å²) in [4.78, 5) is 29.2. The number of thioether (sulfide) groups is 1. The van der Waals surface area contributed by atoms with Crippen LogP contribution < -0.4 is 10.9 Å². The smallest absolute Gasteiger partial charge is 0.254 e. The molecule has 0 aliphatic carbocycles. The number of nitrogens with zero attached hydrogens (tertiary/aromatic N) is 2. The number of amides is 1. The van der Waals surface area contributed by atoms with Gasteiger partial charge in [-0.05, 0) is 30.5 Å². The van der Waals surface area contributed by atoms with Crippen LogP contribution in [-0.2, 0) is 4.79 Å². The summed E-state index contributed by atoms with van der Waals surface area (Å²) in [5.74, 6) is 0.195. The Hall–Kier alpha value is -2.15. The van der Waals surface area contributed by atoms with Gasteiger partial charge in [0.2, 0.25) is 5.91 Å². The molecule has 2 aromatic rings. The number of nitrogens with one attached hydrogen (secondary N) is 1. The first kappa shape index (κ1) is 17.7. The lowest BCUT2D eigenvalue weighted by Crippen LogP contribution is -2.28. The van der Waals surface area contributed by atoms with Crippen molar-refractivity contribution in [3.8, 4) is 0 Å². The molecule has 7 heteroatoms. The minimum absolute atomic E-state index is 0.127. The van der Waals surface area contributed by atoms with Crippen molar-refractivity contribution in [1.82, 2.24) is 9.55 Å². The summed E-state index contributed by atoms with van der Waals surface area (Å²) in [6.07, 6.45) is 0.151. The van der Waals surface area contributed by atoms with Crippen molar-refractivity contribution in [2.75, 3.05) is 11.1 Å². The molecule has 1 aromatic heterocycles. The normalized spacial score (nSPS) is 16.1. The molecule has 132 valence electrons. The second-order valence-corrected chi connectivity index (χ2v) is 7.49. The topological polar surface area (TPSA) is 64.0 Å². The lowest BCUT2D eigenvalue weighted by Gasteiger charge is -2.14. The van der Waals surface area contributed by atoms with Gasteiger partial charge in [0.1, 0.15) is 5.82 Å². The predicted octanol–water partition coefficient (Wildman–Crippen LogP) is 3.49. The molecule has 1 aromatic carbocycles. The molecule has 1 aliphatic rings. The summed E-state index contributed by atoms with van der Waals surface area (Å²) in [6, 6.07) is 5.88. The van der Waals surface area contributed by atoms with Gasteiger partial charge in [-0.2, -0.15) is 0 Å². The number of hydrogen-bond donors (Lipinski definition) is 1. The Kier molecular flexibility index (Phi) is 4.94. The summed E-state index contributed by atoms with van der Waals surface area (Å²) in [5.41, 5.74) is 1.58. The van der Waals surface area contributed by atoms with Crippen molar-refractivity contribution < 1.29 is 9.18 Å². The van der Waals surface area contributed by atoms with Gasteiger partial charge in [0, 0.05) is 23.9 Å². The zero-order valence-corrected chi connectivity index (χ0v) is 15.2. The van der Waals surface area contributed by atoms with Crippen molar-refractivity contribution >= 4 is 23.4 Å². The third-order valence-corrected chi connectivity index (χ3v) is 5.28. The van der Waals surface area contributed by atoms with E-state index >= 15 is 0 Å². The molecule has 1 atom stereocenters. The second kappa shape index (κ2) is 7.00. The molecule has 0 unspecified atom stereocenters. The number of fused-ring (bicyclic) bond motifs is 1. The van der Waals surface area contributed by atoms with Crippen molar-refractivity contribution in [1.29, 1.82) is 0 Å². The fourth-order valence-electron chi connectivity index (χ4n) is 2.71. The number of carbonyl (C=O) groups excluding carboxylic acids is 1. The highest BCUT2D eigenvalue weighted by molar-refractivity contribution is 7.99. The molecule has 0 saturated heterocycles. The van der Waals surface area contributed by atoms with E-state index in [1.54, 1.807) is 29.7 Å². The molecule has 5 nitrogen and oxygen atoms in total. The molecule has 1 N–H and O–H groups in total. The molecule has 0 spiro atoms. The quantitative estimate of drug-likeness (QED) is 0.847. The minimum Gasteiger partial charge on any atom is -0.326 e. The number of anilines is 1. The molecular formula is C18H20FN3O2S. The van der Waals surface area contributed by atoms with Crippen LogP contribution in [0.5, 0.6) is 0 Å². The first-order valence-corrected chi connectivity index (χ1v) is 9.16. The van der Waals surface area contributed by atoms with Crippen LogP contribution >= 0.6 is 11.8 Å². The van der Waals surface area contributed by atoms with Gasteiger partial charge in [0.05, 0.1) is 11.7 Å². The summed E-state index contributed by atoms with van der Waals surface area (Å²) in [7, 11) is 0. The zero-order chi connectivity index (χ0) is 18.1. The van der Waals surface area contributed by atoms with E-state index in [9.17, 15) is 14.0 Å². The van der Waals surface area contributed by atoms with Crippen molar-refractivity contribution in [2.24, 2.45) is 0 Å². The minimum atomic E-state index is -0.360. The van der Waals surface area contributed by atoms with Crippen LogP contribution in [0.4, 0.5) is 10.1 Å². The van der Waals surface area contributed by atoms with Gasteiger partial charge in [-0.25, -0.2) is 9.37 Å². The van der Waals surface area contributed by atoms with E-state index in [1.165, 1.54) is 17.8 Å². The lowest BCUT2D eigenvalue weighted by molar-refractivity contribution is -0.116. The largest absolute Gasteiger partial charge is 0.326 e. The molecule has 2 heterocycles. The molecule has 0 fully saturated rings. The summed E-state index contributed by atoms with van der Waals surface area (Å²) < 4.78 is 15.2. The van der Waals surface area contributed by atoms with Gasteiger partial charge in [0.15, 0.2) is 5.16 Å². The summed E-state index contributed by atoms with van der Waals surface area (Å²) >= 11 is 1.49. The molecule has 0 bridgehead atoms. The van der Waals surface area contributed by atoms with E-state index in [0.29, 0.717) is 22.2 Å². The highest BCUT2D eigenvalue weighted by atomic mass is 32.2. The summed E-state index contributed by atoms with van der Waals surface area (Å²) in [6.45, 7) is 5.65. The number of hydrogen-bond acceptors (Lipinski definition) is 4. The second-order valence-electron chi connectivity index (χ2n) is 6.51. The Bertz CT molecular complexity index is 879. The van der Waals surface area contributed by atoms with E-state index in [4.69, 9.17) is 0 Å². The van der Waals surface area contributed by atoms with Crippen LogP contribution in [0.2, 0.25) is 0 Å². The monoisotopic (exact) mass is 361 g/mol. The van der Waals surface area contributed by atoms with Crippen LogP contribution in [0, 0.1) is 12.7 Å². The lowest BCUT2D eigenvalue weighted by atomic mass is 10.1. The Morgan fingerprint density at radius 2 is 2.20 bits per heavy atom. The average Bonchev–Trinajstić information content (AvgIpc) is 2.94. The number of benzene rings is 1. The SMILES string of the molecule is Cc1ccc(NC(=O)C[C@@H]2CSc3nc(C(C)C)cc(=O)n32)cc1F. The van der Waals surface area contributed by atoms with Crippen molar-refractivity contribution in [3.63, 3.8) is 0 Å². The van der Waals surface area contributed by atoms with Gasteiger partial charge >= 0.3 is 0 Å². The van der Waals surface area contributed by atoms with E-state index in [1.807, 2.05) is 13.8 Å². The maximum Gasteiger partial charge on any atom is 0.254 e. The van der Waals surface area contributed by atoms with Gasteiger partial charge < -0.3 is 5.32 Å². The van der Waals surface area contributed by atoms with Crippen LogP contribution in [0.15, 0.2) is 34.2 Å². The van der Waals surface area contributed by atoms with Crippen LogP contribution in [0.1, 0.15) is 43.5 Å². The van der Waals surface area contributed by atoms with E-state index in [-0.39, 0.29) is 35.7 Å². The molecule has 25 heavy (non-hydrogen) atoms. The highest BCUT2D eigenvalue weighted by Crippen LogP contribution is 2.33. The maximum atomic E-state index is 13.6. The van der Waals surface area contributed by atoms with E-state index in [2.05, 4.69) is 10.3 Å². The van der Waals surface area contributed by atoms with Gasteiger partial charge in [-0.15, -0.1) is 0 Å². The number of halogens is 1. The summed E-state index contributed by atoms with van der Waals surface area (Å²) in [5, 5.41) is 3.36. The molecule has 0 saturated carbocycles. The maximum absolute atomic E-state index is 13.6. The first-order chi connectivity index (χ1) is 11.8. The number of carbonyl (C=O) groups is 1. The van der Waals surface area contributed by atoms with E-state index in [0.717, 1.165) is 5.69 Å². The third kappa shape index (κ3) is 3.76. The van der Waals surface area contributed by atoms with E-state index < -0.39 is 0 Å². The van der Waals surface area contributed by atoms with Crippen LogP contribution in [0.3, 0.4) is 0 Å². The van der Waals surface area contributed by atoms with Crippen LogP contribution in [-0.4, -0.2) is 21.2 Å². The first-order valence-electron chi connectivity index (χ1n) is 8.17. The molecule has 0 radical (unpaired) electrons. The Labute approximate surface area is 149 Å². The standard InChI is InChI=1S/C18H20FN3O2S/c1-10(2)15-8-17(24)22-13(9-25-18(22)21-15)7-16(23)20-12-5-4-11(3)14(19)6-12/h4-6,8,10,13H,7,9H2,1-3H3,(H,20,23)/t13-/m1/s1. The van der Waals surface area contributed by atoms with Crippen molar-refractivity contribution in [2.45, 2.75) is 44.3 Å². The molecular weight excluding hydrogens is 341 g/mol. The van der Waals surface area contributed by atoms with Gasteiger partial charge in [0.25, 0.3) is 5.56 Å². The molecule has 3 rings (SSSR count). The van der Waals surface area contributed by atoms with Gasteiger partial charge in [-0.1, -0.05) is 31.7 Å². The van der Waals surface area contributed by atoms with Crippen molar-refractivity contribution in [3.05, 3.63) is 51.7 Å².